The molecule has 0 atom stereocenters. The van der Waals surface area contributed by atoms with Crippen LogP contribution in [0.2, 0.25) is 0 Å². The molecule has 0 aliphatic heterocycles. The normalized spacial score (nSPS) is 14.1. The average molecular weight is 226 g/mol. The fraction of sp³-hybridized carbons (Fsp3) is 0.750. The zero-order valence-corrected chi connectivity index (χ0v) is 10.1. The molecule has 0 spiro atoms. The van der Waals surface area contributed by atoms with Gasteiger partial charge in [-0.25, -0.2) is 10.0 Å². The molecule has 0 saturated heterocycles. The fourth-order valence-electron chi connectivity index (χ4n) is 0.725. The van der Waals surface area contributed by atoms with Gasteiger partial charge < -0.3 is 0 Å². The minimum Gasteiger partial charge on any atom is -0.270 e. The van der Waals surface area contributed by atoms with Gasteiger partial charge in [-0.1, -0.05) is 12.0 Å². The van der Waals surface area contributed by atoms with Gasteiger partial charge in [-0.05, 0) is 24.7 Å². The fourth-order valence-corrected chi connectivity index (χ4v) is 2.17. The third-order valence-electron chi connectivity index (χ3n) is 1.56. The molecule has 0 bridgehead atoms. The van der Waals surface area contributed by atoms with E-state index in [-0.39, 0.29) is 6.61 Å². The van der Waals surface area contributed by atoms with Gasteiger partial charge in [-0.2, -0.15) is 8.42 Å². The smallest absolute Gasteiger partial charge is 0.264 e. The predicted octanol–water partition coefficient (Wildman–Crippen LogP) is 1.56. The van der Waals surface area contributed by atoms with Crippen molar-refractivity contribution >= 4 is 20.1 Å². The van der Waals surface area contributed by atoms with Crippen LogP contribution in [-0.4, -0.2) is 39.5 Å². The van der Waals surface area contributed by atoms with E-state index in [1.165, 1.54) is 0 Å². The quantitative estimate of drug-likeness (QED) is 0.510. The van der Waals surface area contributed by atoms with E-state index in [9.17, 15) is 8.42 Å². The maximum Gasteiger partial charge on any atom is 0.264 e. The number of hydrogen-bond donors (Lipinski definition) is 0. The van der Waals surface area contributed by atoms with Crippen LogP contribution in [0.25, 0.3) is 0 Å². The highest BCUT2D eigenvalue weighted by atomic mass is 32.3. The SMILES string of the molecule is C=CS(C)(C)CCCOS(C)(=O)=O. The van der Waals surface area contributed by atoms with Crippen molar-refractivity contribution in [2.24, 2.45) is 0 Å². The first-order valence-electron chi connectivity index (χ1n) is 3.95. The van der Waals surface area contributed by atoms with Crippen LogP contribution in [0.5, 0.6) is 0 Å². The highest BCUT2D eigenvalue weighted by Crippen LogP contribution is 2.40. The molecule has 0 amide bonds. The van der Waals surface area contributed by atoms with Gasteiger partial charge >= 0.3 is 0 Å². The Bertz CT molecular complexity index is 255. The Morgan fingerprint density at radius 1 is 1.31 bits per heavy atom. The largest absolute Gasteiger partial charge is 0.270 e. The van der Waals surface area contributed by atoms with Gasteiger partial charge in [0.2, 0.25) is 0 Å². The molecule has 0 unspecified atom stereocenters. The summed E-state index contributed by atoms with van der Waals surface area (Å²) >= 11 is 0. The Balaban J connectivity index is 3.64. The third-order valence-corrected chi connectivity index (χ3v) is 4.40. The molecule has 0 heterocycles. The van der Waals surface area contributed by atoms with Gasteiger partial charge in [0.25, 0.3) is 10.1 Å². The summed E-state index contributed by atoms with van der Waals surface area (Å²) in [5, 5.41) is 1.95. The lowest BCUT2D eigenvalue weighted by Crippen LogP contribution is -2.07. The predicted molar refractivity (Wildman–Crippen MR) is 59.9 cm³/mol. The van der Waals surface area contributed by atoms with E-state index in [0.717, 1.165) is 18.4 Å². The maximum atomic E-state index is 10.6. The van der Waals surface area contributed by atoms with E-state index in [4.69, 9.17) is 0 Å². The van der Waals surface area contributed by atoms with Gasteiger partial charge in [-0.3, -0.25) is 4.18 Å². The zero-order valence-electron chi connectivity index (χ0n) is 8.45. The molecule has 0 radical (unpaired) electrons. The van der Waals surface area contributed by atoms with E-state index in [0.29, 0.717) is 0 Å². The van der Waals surface area contributed by atoms with Gasteiger partial charge in [0.15, 0.2) is 0 Å². The summed E-state index contributed by atoms with van der Waals surface area (Å²) in [5.41, 5.74) is 0. The molecule has 0 aliphatic carbocycles. The second kappa shape index (κ2) is 5.02. The van der Waals surface area contributed by atoms with Crippen LogP contribution in [0.1, 0.15) is 6.42 Å². The van der Waals surface area contributed by atoms with E-state index >= 15 is 0 Å². The Labute approximate surface area is 82.6 Å². The summed E-state index contributed by atoms with van der Waals surface area (Å²) < 4.78 is 25.8. The van der Waals surface area contributed by atoms with Crippen LogP contribution in [0, 0.1) is 0 Å². The number of hydrogen-bond acceptors (Lipinski definition) is 3. The van der Waals surface area contributed by atoms with Crippen molar-refractivity contribution in [2.75, 3.05) is 31.1 Å². The van der Waals surface area contributed by atoms with Crippen LogP contribution in [0.15, 0.2) is 12.0 Å². The second-order valence-corrected chi connectivity index (χ2v) is 9.01. The lowest BCUT2D eigenvalue weighted by molar-refractivity contribution is 0.323. The first kappa shape index (κ1) is 13.0. The molecule has 0 aromatic carbocycles. The van der Waals surface area contributed by atoms with Crippen LogP contribution >= 0.6 is 10.0 Å². The van der Waals surface area contributed by atoms with E-state index in [1.54, 1.807) is 0 Å². The van der Waals surface area contributed by atoms with Crippen molar-refractivity contribution in [3.05, 3.63) is 12.0 Å². The average Bonchev–Trinajstić information content (AvgIpc) is 1.97. The summed E-state index contributed by atoms with van der Waals surface area (Å²) in [6.45, 7) is 4.02. The van der Waals surface area contributed by atoms with Crippen molar-refractivity contribution in [1.82, 2.24) is 0 Å². The molecule has 0 aliphatic rings. The first-order valence-corrected chi connectivity index (χ1v) is 8.44. The molecule has 0 aromatic heterocycles. The van der Waals surface area contributed by atoms with Crippen LogP contribution in [0.3, 0.4) is 0 Å². The Hall–Kier alpha value is -0.0000000000000000555. The molecule has 0 N–H and O–H groups in total. The number of rotatable bonds is 6. The van der Waals surface area contributed by atoms with Crippen LogP contribution < -0.4 is 0 Å². The molecular formula is C8H18O3S2. The van der Waals surface area contributed by atoms with E-state index in [2.05, 4.69) is 23.3 Å². The summed E-state index contributed by atoms with van der Waals surface area (Å²) in [6, 6.07) is 0. The summed E-state index contributed by atoms with van der Waals surface area (Å²) in [5.74, 6) is 0.964. The third kappa shape index (κ3) is 8.33. The molecule has 3 nitrogen and oxygen atoms in total. The highest BCUT2D eigenvalue weighted by molar-refractivity contribution is 8.35. The lowest BCUT2D eigenvalue weighted by Gasteiger charge is -2.25. The molecule has 0 rings (SSSR count). The van der Waals surface area contributed by atoms with Crippen molar-refractivity contribution < 1.29 is 12.6 Å². The van der Waals surface area contributed by atoms with Gasteiger partial charge in [0, 0.05) is 0 Å². The molecule has 0 saturated carbocycles. The monoisotopic (exact) mass is 226 g/mol. The maximum absolute atomic E-state index is 10.6. The van der Waals surface area contributed by atoms with Gasteiger partial charge in [0.05, 0.1) is 12.9 Å². The van der Waals surface area contributed by atoms with Gasteiger partial charge in [0.1, 0.15) is 0 Å². The standard InChI is InChI=1S/C8H18O3S2/c1-5-12(2,3)8-6-7-11-13(4,9)10/h5H,1,6-8H2,2-4H3. The molecule has 5 heteroatoms. The van der Waals surface area contributed by atoms with Crippen molar-refractivity contribution in [1.29, 1.82) is 0 Å². The van der Waals surface area contributed by atoms with Gasteiger partial charge in [-0.15, -0.1) is 0 Å². The highest BCUT2D eigenvalue weighted by Gasteiger charge is 2.07. The van der Waals surface area contributed by atoms with Crippen molar-refractivity contribution in [3.8, 4) is 0 Å². The summed E-state index contributed by atoms with van der Waals surface area (Å²) in [4.78, 5) is 0. The molecule has 13 heavy (non-hydrogen) atoms. The van der Waals surface area contributed by atoms with E-state index < -0.39 is 20.1 Å². The Morgan fingerprint density at radius 2 is 1.85 bits per heavy atom. The van der Waals surface area contributed by atoms with Crippen LogP contribution in [0.4, 0.5) is 0 Å². The lowest BCUT2D eigenvalue weighted by atomic mass is 10.5. The Kier molecular flexibility index (Phi) is 5.02. The molecule has 0 fully saturated rings. The zero-order chi connectivity index (χ0) is 10.5. The summed E-state index contributed by atoms with van der Waals surface area (Å²) in [7, 11) is -4.01. The second-order valence-electron chi connectivity index (χ2n) is 3.37. The molecule has 80 valence electrons. The minimum absolute atomic E-state index is 0.281. The molecule has 0 aromatic rings. The summed E-state index contributed by atoms with van der Waals surface area (Å²) in [6.07, 6.45) is 6.11. The van der Waals surface area contributed by atoms with Crippen LogP contribution in [-0.2, 0) is 14.3 Å². The topological polar surface area (TPSA) is 43.4 Å². The van der Waals surface area contributed by atoms with E-state index in [1.807, 2.05) is 5.41 Å². The first-order chi connectivity index (χ1) is 5.77. The van der Waals surface area contributed by atoms with Crippen molar-refractivity contribution in [3.63, 3.8) is 0 Å². The Morgan fingerprint density at radius 3 is 2.23 bits per heavy atom. The minimum atomic E-state index is -3.27. The van der Waals surface area contributed by atoms with Crippen molar-refractivity contribution in [2.45, 2.75) is 6.42 Å². The molecular weight excluding hydrogens is 208 g/mol.